The zero-order valence-corrected chi connectivity index (χ0v) is 61.0. The van der Waals surface area contributed by atoms with E-state index in [1.807, 2.05) is 0 Å². The molecule has 2 aromatic rings. The second-order valence-corrected chi connectivity index (χ2v) is 28.0. The molecule has 0 unspecified atom stereocenters. The standard InChI is InChI=1S/C47H70N2.2C19H37.Pd/c1-5-9-13-14-15-16-17-18-19-20-21-22-23-24-25-27-34-46(45(40-49-48)32-12-8-4)47(44-33-28-31-42(39-44)29-11-7-3)43-37-35-41(36-38-43)30-26-10-6-2;2*1-3-5-7-9-11-13-15-17-19-18-16-14-12-10-8-6-4-2;/h28,31,33,35-39H,5-26,29-30,32H2,1-4H3;2*1,3H,4-19H2,2H3;. The van der Waals surface area contributed by atoms with Crippen molar-refractivity contribution in [1.82, 2.24) is 0 Å². The summed E-state index contributed by atoms with van der Waals surface area (Å²) in [5, 5.41) is 0. The first-order valence-corrected chi connectivity index (χ1v) is 40.6. The van der Waals surface area contributed by atoms with Crippen molar-refractivity contribution in [3.05, 3.63) is 109 Å². The van der Waals surface area contributed by atoms with Gasteiger partial charge in [-0.1, -0.05) is 288 Å². The Labute approximate surface area is 558 Å². The molecule has 504 valence electrons. The van der Waals surface area contributed by atoms with Gasteiger partial charge >= 0.3 is 174 Å². The van der Waals surface area contributed by atoms with Crippen LogP contribution in [0.4, 0.5) is 0 Å². The molecular weight excluding hydrogens is 1160 g/mol. The summed E-state index contributed by atoms with van der Waals surface area (Å²) in [6.07, 6.45) is 82.2. The number of nitrogens with zero attached hydrogens (tertiary/aromatic N) is 2. The molecule has 0 aliphatic rings. The van der Waals surface area contributed by atoms with E-state index in [2.05, 4.69) is 134 Å². The summed E-state index contributed by atoms with van der Waals surface area (Å²) in [6, 6.07) is 18.1. The molecular formula is C85H144N2Pd. The average molecular weight is 1300 g/mol. The second kappa shape index (κ2) is 68.4. The molecule has 2 rings (SSSR count). The quantitative estimate of drug-likeness (QED) is 0.0120. The number of hydrogen-bond acceptors (Lipinski definition) is 0. The van der Waals surface area contributed by atoms with Crippen LogP contribution in [-0.4, -0.2) is 10.7 Å². The Bertz CT molecular complexity index is 2010. The molecule has 3 heteroatoms. The molecule has 0 spiro atoms. The second-order valence-electron chi connectivity index (χ2n) is 26.4. The Kier molecular flexibility index (Phi) is 64.6. The van der Waals surface area contributed by atoms with Gasteiger partial charge in [0, 0.05) is 12.0 Å². The third-order valence-electron chi connectivity index (χ3n) is 18.0. The predicted octanol–water partition coefficient (Wildman–Crippen LogP) is 29.1. The third kappa shape index (κ3) is 52.6. The van der Waals surface area contributed by atoms with Gasteiger partial charge in [-0.15, -0.1) is 4.79 Å². The van der Waals surface area contributed by atoms with Gasteiger partial charge in [0.2, 0.25) is 0 Å². The summed E-state index contributed by atoms with van der Waals surface area (Å²) in [4.78, 5) is 3.43. The van der Waals surface area contributed by atoms with E-state index in [1.165, 1.54) is 343 Å². The first-order chi connectivity index (χ1) is 43.6. The third-order valence-corrected chi connectivity index (χ3v) is 19.3. The van der Waals surface area contributed by atoms with E-state index >= 15 is 0 Å². The molecule has 2 nitrogen and oxygen atoms in total. The van der Waals surface area contributed by atoms with Gasteiger partial charge in [-0.25, -0.2) is 0 Å². The predicted molar refractivity (Wildman–Crippen MR) is 392 cm³/mol. The van der Waals surface area contributed by atoms with Gasteiger partial charge in [-0.2, -0.15) is 0 Å². The van der Waals surface area contributed by atoms with E-state index in [0.717, 1.165) is 61.7 Å². The fourth-order valence-electron chi connectivity index (χ4n) is 12.1. The van der Waals surface area contributed by atoms with Crippen molar-refractivity contribution in [2.45, 2.75) is 408 Å². The van der Waals surface area contributed by atoms with Crippen LogP contribution in [0.1, 0.15) is 417 Å². The average Bonchev–Trinajstić information content (AvgIpc) is 2.92. The Balaban J connectivity index is 0.000000905. The summed E-state index contributed by atoms with van der Waals surface area (Å²) in [7, 11) is 0. The maximum atomic E-state index is 9.72. The summed E-state index contributed by atoms with van der Waals surface area (Å²) >= 11 is 0.698. The Morgan fingerprint density at radius 3 is 1.14 bits per heavy atom. The molecule has 0 bridgehead atoms. The van der Waals surface area contributed by atoms with Crippen LogP contribution in [-0.2, 0) is 30.8 Å². The molecule has 0 saturated heterocycles. The number of aryl methyl sites for hydroxylation is 2. The molecule has 0 aliphatic carbocycles. The SMILES string of the molecule is CCCCCCCCCCCCCCCCC#CC(C(=C=[N+]=[N-])CCCC)=C(c1ccc(CCCCC)cc1)c1cccc(CCCC)c1.CCCCCCCCCCCCCCCCCC=[CH][Pd][CH]=CCCCCCCCCCCCCCCCCC. The van der Waals surface area contributed by atoms with Gasteiger partial charge in [0.1, 0.15) is 0 Å². The van der Waals surface area contributed by atoms with E-state index < -0.39 is 0 Å². The molecule has 0 fully saturated rings. The summed E-state index contributed by atoms with van der Waals surface area (Å²) < 4.78 is 4.86. The molecule has 0 amide bonds. The van der Waals surface area contributed by atoms with Crippen LogP contribution in [0.5, 0.6) is 0 Å². The molecule has 0 N–H and O–H groups in total. The minimum atomic E-state index is 0.698. The Morgan fingerprint density at radius 1 is 0.375 bits per heavy atom. The first kappa shape index (κ1) is 83.1. The normalized spacial score (nSPS) is 11.7. The van der Waals surface area contributed by atoms with E-state index in [1.54, 1.807) is 0 Å². The number of hydrogen-bond donors (Lipinski definition) is 0. The van der Waals surface area contributed by atoms with Crippen molar-refractivity contribution < 1.29 is 22.8 Å². The van der Waals surface area contributed by atoms with Gasteiger partial charge in [0.25, 0.3) is 0 Å². The van der Waals surface area contributed by atoms with Gasteiger partial charge in [-0.05, 0) is 67.2 Å². The molecule has 88 heavy (non-hydrogen) atoms. The first-order valence-electron chi connectivity index (χ1n) is 38.8. The molecule has 0 atom stereocenters. The van der Waals surface area contributed by atoms with Crippen molar-refractivity contribution in [3.8, 4) is 11.8 Å². The van der Waals surface area contributed by atoms with Crippen LogP contribution in [0, 0.1) is 11.8 Å². The van der Waals surface area contributed by atoms with Gasteiger partial charge in [0.05, 0.1) is 11.1 Å². The summed E-state index contributed by atoms with van der Waals surface area (Å²) in [5.41, 5.74) is 17.8. The molecule has 0 heterocycles. The van der Waals surface area contributed by atoms with Crippen molar-refractivity contribution in [2.75, 3.05) is 0 Å². The van der Waals surface area contributed by atoms with Crippen LogP contribution in [0.2, 0.25) is 0 Å². The molecule has 2 aromatic carbocycles. The molecule has 0 saturated carbocycles. The smallest absolute Gasteiger partial charge is 0.0654 e. The van der Waals surface area contributed by atoms with Gasteiger partial charge in [-0.3, -0.25) is 0 Å². The number of benzene rings is 2. The van der Waals surface area contributed by atoms with E-state index in [0.29, 0.717) is 18.0 Å². The van der Waals surface area contributed by atoms with Crippen LogP contribution in [0.15, 0.2) is 80.9 Å². The molecule has 0 aromatic heterocycles. The Morgan fingerprint density at radius 2 is 0.739 bits per heavy atom. The van der Waals surface area contributed by atoms with Crippen LogP contribution in [0.25, 0.3) is 11.1 Å². The number of rotatable bonds is 61. The van der Waals surface area contributed by atoms with Gasteiger partial charge in [0.15, 0.2) is 0 Å². The zero-order chi connectivity index (χ0) is 63.4. The minimum Gasteiger partial charge on any atom is -0.0654 e. The summed E-state index contributed by atoms with van der Waals surface area (Å²) in [6.45, 7) is 13.6. The van der Waals surface area contributed by atoms with Crippen LogP contribution in [0.3, 0.4) is 0 Å². The van der Waals surface area contributed by atoms with Crippen molar-refractivity contribution in [3.63, 3.8) is 0 Å². The summed E-state index contributed by atoms with van der Waals surface area (Å²) in [5.74, 6) is 10.2. The van der Waals surface area contributed by atoms with Crippen molar-refractivity contribution >= 4 is 11.4 Å². The fourth-order valence-corrected chi connectivity index (χ4v) is 13.2. The number of unbranched alkanes of at least 4 members (excludes halogenated alkanes) is 48. The van der Waals surface area contributed by atoms with E-state index in [9.17, 15) is 5.53 Å². The minimum absolute atomic E-state index is 0.698. The fraction of sp³-hybridized carbons (Fsp3) is 0.741. The molecule has 0 radical (unpaired) electrons. The van der Waals surface area contributed by atoms with Crippen molar-refractivity contribution in [2.24, 2.45) is 0 Å². The monoisotopic (exact) mass is 1300 g/mol. The van der Waals surface area contributed by atoms with E-state index in [4.69, 9.17) is 0 Å². The van der Waals surface area contributed by atoms with E-state index in [-0.39, 0.29) is 0 Å². The molecule has 0 aliphatic heterocycles. The van der Waals surface area contributed by atoms with Gasteiger partial charge < -0.3 is 5.53 Å². The van der Waals surface area contributed by atoms with Crippen LogP contribution < -0.4 is 0 Å². The maximum absolute atomic E-state index is 9.72. The zero-order valence-electron chi connectivity index (χ0n) is 59.4. The van der Waals surface area contributed by atoms with Crippen LogP contribution >= 0.6 is 0 Å². The van der Waals surface area contributed by atoms with Crippen molar-refractivity contribution in [1.29, 1.82) is 0 Å². The Hall–Kier alpha value is -2.96. The topological polar surface area (TPSA) is 36.4 Å². The number of allylic oxidation sites excluding steroid dienone is 4.